The fourth-order valence-electron chi connectivity index (χ4n) is 2.34. The van der Waals surface area contributed by atoms with Gasteiger partial charge in [0.1, 0.15) is 0 Å². The molecule has 0 saturated carbocycles. The average molecular weight is 343 g/mol. The van der Waals surface area contributed by atoms with Crippen LogP contribution in [0.2, 0.25) is 0 Å². The van der Waals surface area contributed by atoms with Gasteiger partial charge in [-0.15, -0.1) is 0 Å². The first-order valence-electron chi connectivity index (χ1n) is 7.29. The first-order chi connectivity index (χ1) is 10.2. The van der Waals surface area contributed by atoms with Gasteiger partial charge in [0.25, 0.3) is 0 Å². The lowest BCUT2D eigenvalue weighted by Crippen LogP contribution is -2.53. The Morgan fingerprint density at radius 2 is 1.91 bits per heavy atom. The van der Waals surface area contributed by atoms with Crippen LogP contribution >= 0.6 is 11.8 Å². The van der Waals surface area contributed by atoms with Crippen LogP contribution in [0.15, 0.2) is 0 Å². The Hall–Kier alpha value is -0.670. The molecule has 9 heteroatoms. The second kappa shape index (κ2) is 8.83. The Balaban J connectivity index is 2.17. The molecule has 0 radical (unpaired) electrons. The Bertz CT molecular complexity index is 348. The summed E-state index contributed by atoms with van der Waals surface area (Å²) >= 11 is -0.142. The quantitative estimate of drug-likeness (QED) is 0.725. The molecule has 0 spiro atoms. The van der Waals surface area contributed by atoms with Crippen molar-refractivity contribution in [2.24, 2.45) is 0 Å². The summed E-state index contributed by atoms with van der Waals surface area (Å²) in [6, 6.07) is -0.298. The van der Waals surface area contributed by atoms with Gasteiger partial charge in [0.05, 0.1) is 12.2 Å². The van der Waals surface area contributed by atoms with Crippen molar-refractivity contribution in [2.45, 2.75) is 44.5 Å². The van der Waals surface area contributed by atoms with Gasteiger partial charge < -0.3 is 15.4 Å². The zero-order valence-electron chi connectivity index (χ0n) is 13.1. The van der Waals surface area contributed by atoms with Crippen molar-refractivity contribution in [3.8, 4) is 0 Å². The molecule has 1 fully saturated rings. The van der Waals surface area contributed by atoms with Crippen LogP contribution in [0.5, 0.6) is 0 Å². The Labute approximate surface area is 133 Å². The molecule has 3 unspecified atom stereocenters. The predicted octanol–water partition coefficient (Wildman–Crippen LogP) is 2.04. The fourth-order valence-corrected chi connectivity index (χ4v) is 2.78. The number of hydrogen-bond acceptors (Lipinski definition) is 4. The molecule has 0 aromatic rings. The molecule has 2 N–H and O–H groups in total. The molecule has 1 rings (SSSR count). The first-order valence-corrected chi connectivity index (χ1v) is 8.28. The van der Waals surface area contributed by atoms with Gasteiger partial charge in [0, 0.05) is 38.0 Å². The van der Waals surface area contributed by atoms with Crippen LogP contribution in [-0.4, -0.2) is 66.6 Å². The van der Waals surface area contributed by atoms with E-state index >= 15 is 0 Å². The molecule has 1 aliphatic rings. The molecule has 0 bridgehead atoms. The highest BCUT2D eigenvalue weighted by molar-refractivity contribution is 8.00. The molecule has 0 aliphatic carbocycles. The zero-order valence-corrected chi connectivity index (χ0v) is 13.9. The van der Waals surface area contributed by atoms with E-state index in [0.717, 1.165) is 13.1 Å². The number of carbonyl (C=O) groups excluding carboxylic acids is 1. The van der Waals surface area contributed by atoms with E-state index in [1.807, 2.05) is 20.8 Å². The van der Waals surface area contributed by atoms with Gasteiger partial charge in [-0.1, -0.05) is 0 Å². The molecule has 0 aromatic heterocycles. The number of halogens is 3. The van der Waals surface area contributed by atoms with Crippen molar-refractivity contribution in [1.82, 2.24) is 15.5 Å². The van der Waals surface area contributed by atoms with Crippen molar-refractivity contribution in [2.75, 3.05) is 31.9 Å². The van der Waals surface area contributed by atoms with Crippen LogP contribution in [0.1, 0.15) is 20.8 Å². The van der Waals surface area contributed by atoms with Crippen LogP contribution in [0.3, 0.4) is 0 Å². The molecule has 0 aromatic carbocycles. The second-order valence-electron chi connectivity index (χ2n) is 5.49. The summed E-state index contributed by atoms with van der Waals surface area (Å²) in [5.74, 6) is -0.190. The minimum Gasteiger partial charge on any atom is -0.373 e. The summed E-state index contributed by atoms with van der Waals surface area (Å²) in [6.45, 7) is 8.05. The van der Waals surface area contributed by atoms with E-state index in [-0.39, 0.29) is 42.3 Å². The number of thioether (sulfide) groups is 1. The van der Waals surface area contributed by atoms with Crippen LogP contribution in [0.25, 0.3) is 0 Å². The largest absolute Gasteiger partial charge is 0.441 e. The standard InChI is InChI=1S/C13H24F3N3O2S/c1-9(19-7-10(2)21-11(3)8-19)6-18-12(20)17-4-5-22-13(14,15)16/h9-11H,4-8H2,1-3H3,(H2,17,18,20). The van der Waals surface area contributed by atoms with Crippen molar-refractivity contribution in [3.63, 3.8) is 0 Å². The number of rotatable bonds is 6. The minimum absolute atomic E-state index is 0.0178. The predicted molar refractivity (Wildman–Crippen MR) is 81.0 cm³/mol. The molecule has 1 aliphatic heterocycles. The number of ether oxygens (including phenoxy) is 1. The molecule has 5 nitrogen and oxygen atoms in total. The molecule has 1 saturated heterocycles. The highest BCUT2D eigenvalue weighted by Gasteiger charge is 2.28. The summed E-state index contributed by atoms with van der Waals surface area (Å²) in [7, 11) is 0. The number of hydrogen-bond donors (Lipinski definition) is 2. The Kier molecular flexibility index (Phi) is 7.78. The van der Waals surface area contributed by atoms with Gasteiger partial charge in [-0.05, 0) is 32.5 Å². The van der Waals surface area contributed by atoms with Crippen LogP contribution in [0, 0.1) is 0 Å². The van der Waals surface area contributed by atoms with E-state index < -0.39 is 11.5 Å². The van der Waals surface area contributed by atoms with E-state index in [1.165, 1.54) is 0 Å². The van der Waals surface area contributed by atoms with Gasteiger partial charge in [-0.25, -0.2) is 4.79 Å². The number of amides is 2. The number of morpholine rings is 1. The third kappa shape index (κ3) is 8.09. The summed E-state index contributed by atoms with van der Waals surface area (Å²) in [5, 5.41) is 5.10. The number of carbonyl (C=O) groups is 1. The normalized spacial score (nSPS) is 24.8. The lowest BCUT2D eigenvalue weighted by Gasteiger charge is -2.38. The van der Waals surface area contributed by atoms with Crippen molar-refractivity contribution in [1.29, 1.82) is 0 Å². The monoisotopic (exact) mass is 343 g/mol. The molecule has 3 atom stereocenters. The van der Waals surface area contributed by atoms with Gasteiger partial charge >= 0.3 is 11.5 Å². The van der Waals surface area contributed by atoms with Crippen LogP contribution in [0.4, 0.5) is 18.0 Å². The molecule has 1 heterocycles. The zero-order chi connectivity index (χ0) is 16.8. The number of nitrogens with one attached hydrogen (secondary N) is 2. The van der Waals surface area contributed by atoms with Crippen molar-refractivity contribution >= 4 is 17.8 Å². The highest BCUT2D eigenvalue weighted by atomic mass is 32.2. The SMILES string of the molecule is CC1CN(C(C)CNC(=O)NCCSC(F)(F)F)CC(C)O1. The van der Waals surface area contributed by atoms with Crippen LogP contribution < -0.4 is 10.6 Å². The van der Waals surface area contributed by atoms with Gasteiger partial charge in [0.15, 0.2) is 0 Å². The maximum Gasteiger partial charge on any atom is 0.441 e. The van der Waals surface area contributed by atoms with E-state index in [9.17, 15) is 18.0 Å². The van der Waals surface area contributed by atoms with Crippen molar-refractivity contribution < 1.29 is 22.7 Å². The third-order valence-electron chi connectivity index (χ3n) is 3.28. The van der Waals surface area contributed by atoms with E-state index in [1.54, 1.807) is 0 Å². The van der Waals surface area contributed by atoms with Crippen molar-refractivity contribution in [3.05, 3.63) is 0 Å². The van der Waals surface area contributed by atoms with Gasteiger partial charge in [-0.2, -0.15) is 13.2 Å². The van der Waals surface area contributed by atoms with E-state index in [4.69, 9.17) is 4.74 Å². The summed E-state index contributed by atoms with van der Waals surface area (Å²) in [5.41, 5.74) is -4.25. The number of alkyl halides is 3. The minimum atomic E-state index is -4.25. The van der Waals surface area contributed by atoms with Gasteiger partial charge in [-0.3, -0.25) is 4.90 Å². The number of nitrogens with zero attached hydrogens (tertiary/aromatic N) is 1. The maximum atomic E-state index is 11.9. The fraction of sp³-hybridized carbons (Fsp3) is 0.923. The maximum absolute atomic E-state index is 11.9. The van der Waals surface area contributed by atoms with Gasteiger partial charge in [0.2, 0.25) is 0 Å². The summed E-state index contributed by atoms with van der Waals surface area (Å²) in [6.07, 6.45) is 0.304. The lowest BCUT2D eigenvalue weighted by molar-refractivity contribution is -0.0778. The molecule has 22 heavy (non-hydrogen) atoms. The topological polar surface area (TPSA) is 53.6 Å². The van der Waals surface area contributed by atoms with E-state index in [0.29, 0.717) is 6.54 Å². The smallest absolute Gasteiger partial charge is 0.373 e. The van der Waals surface area contributed by atoms with Crippen LogP contribution in [-0.2, 0) is 4.74 Å². The summed E-state index contributed by atoms with van der Waals surface area (Å²) in [4.78, 5) is 13.8. The second-order valence-corrected chi connectivity index (χ2v) is 6.65. The highest BCUT2D eigenvalue weighted by Crippen LogP contribution is 2.29. The first kappa shape index (κ1) is 19.4. The Morgan fingerprint density at radius 3 is 2.45 bits per heavy atom. The van der Waals surface area contributed by atoms with E-state index in [2.05, 4.69) is 15.5 Å². The average Bonchev–Trinajstić information content (AvgIpc) is 2.38. The third-order valence-corrected chi connectivity index (χ3v) is 4.02. The number of urea groups is 1. The molecular weight excluding hydrogens is 319 g/mol. The Morgan fingerprint density at radius 1 is 1.32 bits per heavy atom. The summed E-state index contributed by atoms with van der Waals surface area (Å²) < 4.78 is 41.4. The molecule has 130 valence electrons. The molecular formula is C13H24F3N3O2S. The molecule has 2 amide bonds. The lowest BCUT2D eigenvalue weighted by atomic mass is 10.2.